The minimum absolute atomic E-state index is 0.0638. The van der Waals surface area contributed by atoms with Crippen LogP contribution in [-0.4, -0.2) is 32.5 Å². The minimum atomic E-state index is -1.18. The number of nitro groups is 1. The second-order valence-corrected chi connectivity index (χ2v) is 5.20. The molecule has 0 spiro atoms. The van der Waals surface area contributed by atoms with E-state index in [0.29, 0.717) is 11.6 Å². The Balaban J connectivity index is 2.14. The molecule has 1 saturated heterocycles. The average Bonchev–Trinajstić information content (AvgIpc) is 2.81. The van der Waals surface area contributed by atoms with Crippen LogP contribution in [0.5, 0.6) is 0 Å². The molecule has 2 heterocycles. The molecular formula is C9H11N3O3S. The van der Waals surface area contributed by atoms with Crippen molar-refractivity contribution in [2.45, 2.75) is 16.7 Å². The molecule has 1 aliphatic heterocycles. The fourth-order valence-corrected chi connectivity index (χ4v) is 2.88. The van der Waals surface area contributed by atoms with Gasteiger partial charge in [-0.1, -0.05) is 0 Å². The largest absolute Gasteiger partial charge is 0.315 e. The van der Waals surface area contributed by atoms with Crippen molar-refractivity contribution in [2.75, 3.05) is 13.1 Å². The molecular weight excluding hydrogens is 230 g/mol. The van der Waals surface area contributed by atoms with Crippen LogP contribution in [0.2, 0.25) is 0 Å². The van der Waals surface area contributed by atoms with Gasteiger partial charge in [0, 0.05) is 12.6 Å². The van der Waals surface area contributed by atoms with E-state index in [1.807, 2.05) is 0 Å². The van der Waals surface area contributed by atoms with Gasteiger partial charge in [0.05, 0.1) is 21.0 Å². The van der Waals surface area contributed by atoms with E-state index in [1.165, 1.54) is 12.1 Å². The van der Waals surface area contributed by atoms with Crippen LogP contribution in [0.25, 0.3) is 0 Å². The van der Waals surface area contributed by atoms with E-state index >= 15 is 0 Å². The van der Waals surface area contributed by atoms with E-state index in [-0.39, 0.29) is 10.9 Å². The molecule has 7 heteroatoms. The van der Waals surface area contributed by atoms with Gasteiger partial charge < -0.3 is 5.32 Å². The van der Waals surface area contributed by atoms with Gasteiger partial charge in [-0.25, -0.2) is 4.98 Å². The summed E-state index contributed by atoms with van der Waals surface area (Å²) in [5.41, 5.74) is -0.0784. The molecule has 2 rings (SSSR count). The van der Waals surface area contributed by atoms with Crippen molar-refractivity contribution in [3.63, 3.8) is 0 Å². The zero-order chi connectivity index (χ0) is 11.5. The van der Waals surface area contributed by atoms with E-state index in [1.54, 1.807) is 0 Å². The lowest BCUT2D eigenvalue weighted by Crippen LogP contribution is -2.19. The van der Waals surface area contributed by atoms with Gasteiger partial charge in [0.2, 0.25) is 0 Å². The summed E-state index contributed by atoms with van der Waals surface area (Å²) in [6.45, 7) is 1.58. The van der Waals surface area contributed by atoms with Crippen LogP contribution < -0.4 is 5.32 Å². The van der Waals surface area contributed by atoms with Crippen molar-refractivity contribution < 1.29 is 9.13 Å². The molecule has 0 saturated carbocycles. The molecule has 86 valence electrons. The highest BCUT2D eigenvalue weighted by atomic mass is 32.2. The molecule has 1 aromatic rings. The highest BCUT2D eigenvalue weighted by molar-refractivity contribution is 7.85. The van der Waals surface area contributed by atoms with Crippen molar-refractivity contribution in [1.82, 2.24) is 10.3 Å². The van der Waals surface area contributed by atoms with Gasteiger partial charge in [0.1, 0.15) is 11.2 Å². The van der Waals surface area contributed by atoms with Crippen molar-refractivity contribution >= 4 is 16.5 Å². The van der Waals surface area contributed by atoms with Gasteiger partial charge in [0.15, 0.2) is 0 Å². The van der Waals surface area contributed by atoms with Crippen LogP contribution in [-0.2, 0) is 10.8 Å². The first-order chi connectivity index (χ1) is 7.68. The number of aromatic nitrogens is 1. The Morgan fingerprint density at radius 2 is 2.38 bits per heavy atom. The monoisotopic (exact) mass is 241 g/mol. The van der Waals surface area contributed by atoms with Gasteiger partial charge in [-0.3, -0.25) is 14.3 Å². The molecule has 1 fully saturated rings. The molecule has 6 nitrogen and oxygen atoms in total. The van der Waals surface area contributed by atoms with Crippen molar-refractivity contribution in [3.8, 4) is 0 Å². The molecule has 0 bridgehead atoms. The van der Waals surface area contributed by atoms with E-state index in [2.05, 4.69) is 10.3 Å². The summed E-state index contributed by atoms with van der Waals surface area (Å²) in [5, 5.41) is 14.0. The Bertz CT molecular complexity index is 415. The normalized spacial score (nSPS) is 21.9. The maximum absolute atomic E-state index is 12.0. The van der Waals surface area contributed by atoms with E-state index in [9.17, 15) is 14.3 Å². The summed E-state index contributed by atoms with van der Waals surface area (Å²) >= 11 is 0. The first kappa shape index (κ1) is 11.2. The lowest BCUT2D eigenvalue weighted by Gasteiger charge is -2.06. The summed E-state index contributed by atoms with van der Waals surface area (Å²) in [4.78, 5) is 13.8. The maximum atomic E-state index is 12.0. The number of pyridine rings is 1. The van der Waals surface area contributed by atoms with Crippen LogP contribution >= 0.6 is 0 Å². The summed E-state index contributed by atoms with van der Waals surface area (Å²) < 4.78 is 12.0. The van der Waals surface area contributed by atoms with Crippen LogP contribution in [0, 0.1) is 10.1 Å². The third-order valence-electron chi connectivity index (χ3n) is 2.46. The lowest BCUT2D eigenvalue weighted by molar-refractivity contribution is -0.385. The molecule has 1 aliphatic rings. The smallest absolute Gasteiger partial charge is 0.287 e. The molecule has 2 unspecified atom stereocenters. The molecule has 0 aromatic carbocycles. The zero-order valence-corrected chi connectivity index (χ0v) is 9.27. The quantitative estimate of drug-likeness (QED) is 0.613. The highest BCUT2D eigenvalue weighted by Gasteiger charge is 2.23. The fourth-order valence-electron chi connectivity index (χ4n) is 1.58. The summed E-state index contributed by atoms with van der Waals surface area (Å²) in [6.07, 6.45) is 2.00. The van der Waals surface area contributed by atoms with Crippen molar-refractivity contribution in [3.05, 3.63) is 28.4 Å². The Labute approximate surface area is 94.7 Å². The molecule has 0 amide bonds. The minimum Gasteiger partial charge on any atom is -0.315 e. The van der Waals surface area contributed by atoms with Crippen LogP contribution in [0.1, 0.15) is 6.42 Å². The molecule has 16 heavy (non-hydrogen) atoms. The highest BCUT2D eigenvalue weighted by Crippen LogP contribution is 2.16. The predicted molar refractivity (Wildman–Crippen MR) is 58.6 cm³/mol. The second kappa shape index (κ2) is 4.67. The van der Waals surface area contributed by atoms with Gasteiger partial charge in [-0.05, 0) is 19.0 Å². The summed E-state index contributed by atoms with van der Waals surface area (Å²) in [7, 11) is -1.18. The van der Waals surface area contributed by atoms with E-state index < -0.39 is 15.7 Å². The average molecular weight is 241 g/mol. The molecule has 1 N–H and O–H groups in total. The van der Waals surface area contributed by atoms with Crippen molar-refractivity contribution in [1.29, 1.82) is 0 Å². The maximum Gasteiger partial charge on any atom is 0.287 e. The Hall–Kier alpha value is -1.34. The lowest BCUT2D eigenvalue weighted by atomic mass is 10.4. The van der Waals surface area contributed by atoms with Crippen LogP contribution in [0.15, 0.2) is 23.4 Å². The SMILES string of the molecule is O=[N+]([O-])c1ccc(S(=O)C2CCNC2)nc1. The topological polar surface area (TPSA) is 85.1 Å². The molecule has 2 atom stereocenters. The zero-order valence-electron chi connectivity index (χ0n) is 8.46. The standard InChI is InChI=1S/C9H11N3O3S/c13-12(14)7-1-2-9(11-5-7)16(15)8-3-4-10-6-8/h1-2,5,8,10H,3-4,6H2. The first-order valence-electron chi connectivity index (χ1n) is 4.90. The van der Waals surface area contributed by atoms with Crippen LogP contribution in [0.4, 0.5) is 5.69 Å². The number of hydrogen-bond acceptors (Lipinski definition) is 5. The Morgan fingerprint density at radius 1 is 1.56 bits per heavy atom. The van der Waals surface area contributed by atoms with Gasteiger partial charge >= 0.3 is 0 Å². The van der Waals surface area contributed by atoms with E-state index in [0.717, 1.165) is 19.2 Å². The summed E-state index contributed by atoms with van der Waals surface area (Å²) in [6, 6.07) is 2.80. The van der Waals surface area contributed by atoms with Gasteiger partial charge in [-0.2, -0.15) is 0 Å². The van der Waals surface area contributed by atoms with Gasteiger partial charge in [-0.15, -0.1) is 0 Å². The number of rotatable bonds is 3. The summed E-state index contributed by atoms with van der Waals surface area (Å²) in [5.74, 6) is 0. The third-order valence-corrected chi connectivity index (χ3v) is 4.12. The van der Waals surface area contributed by atoms with E-state index in [4.69, 9.17) is 0 Å². The number of nitrogens with zero attached hydrogens (tertiary/aromatic N) is 2. The molecule has 1 aromatic heterocycles. The molecule has 0 radical (unpaired) electrons. The Kier molecular flexibility index (Phi) is 3.25. The first-order valence-corrected chi connectivity index (χ1v) is 6.11. The third kappa shape index (κ3) is 2.25. The predicted octanol–water partition coefficient (Wildman–Crippen LogP) is 0.459. The van der Waals surface area contributed by atoms with Gasteiger partial charge in [0.25, 0.3) is 5.69 Å². The van der Waals surface area contributed by atoms with Crippen LogP contribution in [0.3, 0.4) is 0 Å². The Morgan fingerprint density at radius 3 is 2.88 bits per heavy atom. The number of hydrogen-bond donors (Lipinski definition) is 1. The molecule has 0 aliphatic carbocycles. The fraction of sp³-hybridized carbons (Fsp3) is 0.444. The second-order valence-electron chi connectivity index (χ2n) is 3.52. The number of nitrogens with one attached hydrogen (secondary N) is 1. The van der Waals surface area contributed by atoms with Crippen molar-refractivity contribution in [2.24, 2.45) is 0 Å².